The number of nitriles is 1. The fourth-order valence-corrected chi connectivity index (χ4v) is 1.36. The van der Waals surface area contributed by atoms with Crippen molar-refractivity contribution >= 4 is 12.3 Å². The minimum Gasteiger partial charge on any atom is -0.465 e. The van der Waals surface area contributed by atoms with E-state index in [9.17, 15) is 9.59 Å². The van der Waals surface area contributed by atoms with Crippen LogP contribution in [0.1, 0.15) is 27.9 Å². The molecule has 1 rings (SSSR count). The first-order valence-electron chi connectivity index (χ1n) is 4.78. The zero-order valence-corrected chi connectivity index (χ0v) is 8.90. The molecular formula is C12H11NO3. The molecule has 0 spiro atoms. The maximum absolute atomic E-state index is 11.2. The normalized spacial score (nSPS) is 9.25. The zero-order chi connectivity index (χ0) is 12.0. The minimum absolute atomic E-state index is 0.342. The number of nitrogens with zero attached hydrogens (tertiary/aromatic N) is 1. The molecule has 0 aromatic heterocycles. The van der Waals surface area contributed by atoms with Crippen molar-refractivity contribution in [1.29, 1.82) is 5.26 Å². The third-order valence-corrected chi connectivity index (χ3v) is 2.18. The van der Waals surface area contributed by atoms with Gasteiger partial charge < -0.3 is 9.53 Å². The Morgan fingerprint density at radius 3 is 2.88 bits per heavy atom. The van der Waals surface area contributed by atoms with Gasteiger partial charge in [0.2, 0.25) is 0 Å². The maximum atomic E-state index is 11.2. The monoisotopic (exact) mass is 217 g/mol. The summed E-state index contributed by atoms with van der Waals surface area (Å²) in [6, 6.07) is 6.74. The number of carbonyl (C=O) groups is 2. The lowest BCUT2D eigenvalue weighted by Crippen LogP contribution is -2.03. The second-order valence-corrected chi connectivity index (χ2v) is 3.18. The van der Waals surface area contributed by atoms with Crippen molar-refractivity contribution in [2.75, 3.05) is 7.11 Å². The van der Waals surface area contributed by atoms with E-state index < -0.39 is 5.97 Å². The maximum Gasteiger partial charge on any atom is 0.337 e. The van der Waals surface area contributed by atoms with E-state index in [1.165, 1.54) is 13.2 Å². The Labute approximate surface area is 93.5 Å². The van der Waals surface area contributed by atoms with Crippen LogP contribution in [0.4, 0.5) is 0 Å². The van der Waals surface area contributed by atoms with Gasteiger partial charge in [0, 0.05) is 6.42 Å². The van der Waals surface area contributed by atoms with E-state index in [1.807, 2.05) is 6.07 Å². The van der Waals surface area contributed by atoms with Gasteiger partial charge >= 0.3 is 5.97 Å². The molecule has 0 unspecified atom stereocenters. The molecule has 0 amide bonds. The van der Waals surface area contributed by atoms with Crippen molar-refractivity contribution in [3.63, 3.8) is 0 Å². The molecule has 0 radical (unpaired) electrons. The minimum atomic E-state index is -0.474. The van der Waals surface area contributed by atoms with Gasteiger partial charge in [0.05, 0.1) is 24.3 Å². The van der Waals surface area contributed by atoms with Crippen LogP contribution in [-0.2, 0) is 16.0 Å². The molecule has 1 aromatic carbocycles. The second-order valence-electron chi connectivity index (χ2n) is 3.18. The largest absolute Gasteiger partial charge is 0.465 e. The second kappa shape index (κ2) is 5.66. The quantitative estimate of drug-likeness (QED) is 0.565. The predicted molar refractivity (Wildman–Crippen MR) is 56.9 cm³/mol. The predicted octanol–water partition coefficient (Wildman–Crippen LogP) is 1.48. The summed E-state index contributed by atoms with van der Waals surface area (Å²) in [5.41, 5.74) is 1.51. The van der Waals surface area contributed by atoms with E-state index in [2.05, 4.69) is 4.74 Å². The summed E-state index contributed by atoms with van der Waals surface area (Å²) in [7, 11) is 1.29. The number of hydrogen-bond acceptors (Lipinski definition) is 4. The third kappa shape index (κ3) is 2.67. The fraction of sp³-hybridized carbons (Fsp3) is 0.250. The average molecular weight is 217 g/mol. The molecule has 0 heterocycles. The number of ether oxygens (including phenoxy) is 1. The van der Waals surface area contributed by atoms with Crippen LogP contribution in [0.3, 0.4) is 0 Å². The Bertz CT molecular complexity index is 446. The van der Waals surface area contributed by atoms with Crippen LogP contribution in [0.2, 0.25) is 0 Å². The molecule has 4 nitrogen and oxygen atoms in total. The van der Waals surface area contributed by atoms with Gasteiger partial charge in [-0.3, -0.25) is 0 Å². The van der Waals surface area contributed by atoms with Crippen molar-refractivity contribution < 1.29 is 14.3 Å². The number of aryl methyl sites for hydroxylation is 1. The highest BCUT2D eigenvalue weighted by Crippen LogP contribution is 2.13. The van der Waals surface area contributed by atoms with Gasteiger partial charge in [0.1, 0.15) is 6.29 Å². The van der Waals surface area contributed by atoms with Gasteiger partial charge in [0.15, 0.2) is 0 Å². The third-order valence-electron chi connectivity index (χ3n) is 2.18. The topological polar surface area (TPSA) is 67.2 Å². The Hall–Kier alpha value is -2.15. The van der Waals surface area contributed by atoms with Crippen molar-refractivity contribution in [3.05, 3.63) is 34.9 Å². The molecule has 0 saturated carbocycles. The molecule has 16 heavy (non-hydrogen) atoms. The molecule has 82 valence electrons. The molecule has 0 saturated heterocycles. The first kappa shape index (κ1) is 11.9. The van der Waals surface area contributed by atoms with Crippen LogP contribution in [0.15, 0.2) is 18.2 Å². The summed E-state index contributed by atoms with van der Waals surface area (Å²) in [5, 5.41) is 8.91. The highest BCUT2D eigenvalue weighted by molar-refractivity contribution is 5.89. The van der Waals surface area contributed by atoms with Crippen molar-refractivity contribution in [1.82, 2.24) is 0 Å². The lowest BCUT2D eigenvalue weighted by atomic mass is 10.0. The number of esters is 1. The number of carbonyl (C=O) groups excluding carboxylic acids is 2. The SMILES string of the molecule is COC(=O)c1ccc(CCC=O)c(C#N)c1. The Morgan fingerprint density at radius 2 is 2.31 bits per heavy atom. The van der Waals surface area contributed by atoms with Crippen LogP contribution >= 0.6 is 0 Å². The van der Waals surface area contributed by atoms with Crippen molar-refractivity contribution in [2.45, 2.75) is 12.8 Å². The van der Waals surface area contributed by atoms with Crippen molar-refractivity contribution in [3.8, 4) is 6.07 Å². The van der Waals surface area contributed by atoms with Gasteiger partial charge in [-0.15, -0.1) is 0 Å². The lowest BCUT2D eigenvalue weighted by molar-refractivity contribution is -0.107. The first-order chi connectivity index (χ1) is 7.72. The van der Waals surface area contributed by atoms with Crippen LogP contribution in [0.25, 0.3) is 0 Å². The molecule has 0 bridgehead atoms. The molecule has 0 aliphatic carbocycles. The smallest absolute Gasteiger partial charge is 0.337 e. The van der Waals surface area contributed by atoms with E-state index in [0.29, 0.717) is 24.0 Å². The molecule has 0 aliphatic heterocycles. The van der Waals surface area contributed by atoms with Gasteiger partial charge in [0.25, 0.3) is 0 Å². The van der Waals surface area contributed by atoms with E-state index in [1.54, 1.807) is 12.1 Å². The van der Waals surface area contributed by atoms with Crippen LogP contribution in [-0.4, -0.2) is 19.4 Å². The highest BCUT2D eigenvalue weighted by atomic mass is 16.5. The Balaban J connectivity index is 3.02. The number of benzene rings is 1. The molecule has 1 aromatic rings. The summed E-state index contributed by atoms with van der Waals surface area (Å²) in [4.78, 5) is 21.5. The lowest BCUT2D eigenvalue weighted by Gasteiger charge is -2.04. The number of methoxy groups -OCH3 is 1. The van der Waals surface area contributed by atoms with E-state index in [0.717, 1.165) is 11.8 Å². The first-order valence-corrected chi connectivity index (χ1v) is 4.78. The van der Waals surface area contributed by atoms with Gasteiger partial charge in [-0.25, -0.2) is 4.79 Å². The summed E-state index contributed by atoms with van der Waals surface area (Å²) in [5.74, 6) is -0.474. The highest BCUT2D eigenvalue weighted by Gasteiger charge is 2.09. The van der Waals surface area contributed by atoms with E-state index in [-0.39, 0.29) is 0 Å². The molecule has 4 heteroatoms. The van der Waals surface area contributed by atoms with E-state index in [4.69, 9.17) is 5.26 Å². The van der Waals surface area contributed by atoms with Crippen LogP contribution in [0.5, 0.6) is 0 Å². The summed E-state index contributed by atoms with van der Waals surface area (Å²) in [6.07, 6.45) is 1.68. The van der Waals surface area contributed by atoms with Crippen molar-refractivity contribution in [2.24, 2.45) is 0 Å². The van der Waals surface area contributed by atoms with E-state index >= 15 is 0 Å². The van der Waals surface area contributed by atoms with Gasteiger partial charge in [-0.2, -0.15) is 5.26 Å². The Kier molecular flexibility index (Phi) is 4.22. The fourth-order valence-electron chi connectivity index (χ4n) is 1.36. The summed E-state index contributed by atoms with van der Waals surface area (Å²) < 4.78 is 4.55. The number of rotatable bonds is 4. The number of hydrogen-bond donors (Lipinski definition) is 0. The molecule has 0 atom stereocenters. The summed E-state index contributed by atoms with van der Waals surface area (Å²) >= 11 is 0. The summed E-state index contributed by atoms with van der Waals surface area (Å²) in [6.45, 7) is 0. The van der Waals surface area contributed by atoms with Crippen LogP contribution in [0, 0.1) is 11.3 Å². The molecule has 0 aliphatic rings. The van der Waals surface area contributed by atoms with Gasteiger partial charge in [-0.1, -0.05) is 6.07 Å². The average Bonchev–Trinajstić information content (AvgIpc) is 2.35. The van der Waals surface area contributed by atoms with Crippen LogP contribution < -0.4 is 0 Å². The standard InChI is InChI=1S/C12H11NO3/c1-16-12(15)10-5-4-9(3-2-6-14)11(7-10)8-13/h4-7H,2-3H2,1H3. The molecule has 0 fully saturated rings. The molecular weight excluding hydrogens is 206 g/mol. The van der Waals surface area contributed by atoms with Gasteiger partial charge in [-0.05, 0) is 24.1 Å². The Morgan fingerprint density at radius 1 is 1.56 bits per heavy atom. The molecule has 0 N–H and O–H groups in total. The zero-order valence-electron chi connectivity index (χ0n) is 8.90. The number of aldehydes is 1.